The first-order valence-corrected chi connectivity index (χ1v) is 8.91. The zero-order valence-electron chi connectivity index (χ0n) is 13.9. The Kier molecular flexibility index (Phi) is 4.49. The van der Waals surface area contributed by atoms with Crippen molar-refractivity contribution in [2.45, 2.75) is 18.7 Å². The van der Waals surface area contributed by atoms with Crippen LogP contribution in [0.2, 0.25) is 0 Å². The monoisotopic (exact) mass is 337 g/mol. The molecule has 1 heterocycles. The number of nitrogens with zero attached hydrogens (tertiary/aromatic N) is 1. The number of rotatable bonds is 4. The Balaban J connectivity index is 2.23. The largest absolute Gasteiger partial charge is 0.478 e. The van der Waals surface area contributed by atoms with Gasteiger partial charge in [-0.15, -0.1) is 11.8 Å². The molecule has 0 amide bonds. The molecular weight excluding hydrogens is 318 g/mol. The number of aryl methyl sites for hydroxylation is 1. The molecule has 24 heavy (non-hydrogen) atoms. The van der Waals surface area contributed by atoms with Crippen molar-refractivity contribution >= 4 is 17.7 Å². The standard InChI is InChI=1S/C20H19NO2S/c1-13-11-18(20(22)23)14(2)21(13)19-10-5-4-9-17(19)15-7-6-8-16(12-15)24-3/h4-12H,1-3H3,(H,22,23). The fraction of sp³-hybridized carbons (Fsp3) is 0.150. The van der Waals surface area contributed by atoms with Gasteiger partial charge in [-0.25, -0.2) is 4.79 Å². The Bertz CT molecular complexity index is 912. The first kappa shape index (κ1) is 16.4. The Morgan fingerprint density at radius 3 is 2.46 bits per heavy atom. The number of para-hydroxylation sites is 1. The molecule has 2 aromatic carbocycles. The van der Waals surface area contributed by atoms with E-state index in [0.29, 0.717) is 5.56 Å². The Morgan fingerprint density at radius 2 is 1.79 bits per heavy atom. The van der Waals surface area contributed by atoms with Crippen LogP contribution in [0.3, 0.4) is 0 Å². The number of hydrogen-bond acceptors (Lipinski definition) is 2. The minimum absolute atomic E-state index is 0.347. The SMILES string of the molecule is CSc1cccc(-c2ccccc2-n2c(C)cc(C(=O)O)c2C)c1. The van der Waals surface area contributed by atoms with Gasteiger partial charge in [-0.2, -0.15) is 0 Å². The summed E-state index contributed by atoms with van der Waals surface area (Å²) in [6.07, 6.45) is 2.06. The summed E-state index contributed by atoms with van der Waals surface area (Å²) in [4.78, 5) is 12.6. The first-order chi connectivity index (χ1) is 11.5. The molecule has 0 saturated heterocycles. The van der Waals surface area contributed by atoms with E-state index in [-0.39, 0.29) is 0 Å². The molecule has 0 radical (unpaired) electrons. The van der Waals surface area contributed by atoms with E-state index in [1.807, 2.05) is 36.6 Å². The molecule has 3 nitrogen and oxygen atoms in total. The van der Waals surface area contributed by atoms with Crippen molar-refractivity contribution in [3.05, 3.63) is 71.5 Å². The average molecular weight is 337 g/mol. The number of benzene rings is 2. The summed E-state index contributed by atoms with van der Waals surface area (Å²) >= 11 is 1.71. The molecule has 3 rings (SSSR count). The van der Waals surface area contributed by atoms with Crippen LogP contribution in [0.4, 0.5) is 0 Å². The van der Waals surface area contributed by atoms with E-state index in [2.05, 4.69) is 36.6 Å². The molecule has 0 unspecified atom stereocenters. The summed E-state index contributed by atoms with van der Waals surface area (Å²) < 4.78 is 2.02. The molecule has 0 atom stereocenters. The van der Waals surface area contributed by atoms with E-state index in [1.54, 1.807) is 17.8 Å². The number of carbonyl (C=O) groups is 1. The molecule has 0 saturated carbocycles. The van der Waals surface area contributed by atoms with Gasteiger partial charge in [-0.1, -0.05) is 30.3 Å². The third-order valence-corrected chi connectivity index (χ3v) is 4.91. The minimum atomic E-state index is -0.892. The van der Waals surface area contributed by atoms with E-state index in [1.165, 1.54) is 4.90 Å². The predicted octanol–water partition coefficient (Wildman–Crippen LogP) is 5.18. The lowest BCUT2D eigenvalue weighted by Gasteiger charge is -2.15. The topological polar surface area (TPSA) is 42.2 Å². The van der Waals surface area contributed by atoms with Crippen LogP contribution < -0.4 is 0 Å². The van der Waals surface area contributed by atoms with Crippen molar-refractivity contribution in [3.63, 3.8) is 0 Å². The van der Waals surface area contributed by atoms with Gasteiger partial charge in [0.2, 0.25) is 0 Å². The molecule has 0 aliphatic rings. The molecular formula is C20H19NO2S. The van der Waals surface area contributed by atoms with Crippen molar-refractivity contribution in [2.24, 2.45) is 0 Å². The van der Waals surface area contributed by atoms with Gasteiger partial charge in [0.05, 0.1) is 11.3 Å². The maximum atomic E-state index is 11.4. The molecule has 0 bridgehead atoms. The van der Waals surface area contributed by atoms with Crippen molar-refractivity contribution < 1.29 is 9.90 Å². The number of aromatic carboxylic acids is 1. The lowest BCUT2D eigenvalue weighted by atomic mass is 10.0. The molecule has 1 aromatic heterocycles. The lowest BCUT2D eigenvalue weighted by Crippen LogP contribution is -2.04. The van der Waals surface area contributed by atoms with Crippen molar-refractivity contribution in [1.82, 2.24) is 4.57 Å². The summed E-state index contributed by atoms with van der Waals surface area (Å²) in [7, 11) is 0. The van der Waals surface area contributed by atoms with Gasteiger partial charge in [0.15, 0.2) is 0 Å². The second-order valence-corrected chi connectivity index (χ2v) is 6.55. The molecule has 0 spiro atoms. The highest BCUT2D eigenvalue weighted by molar-refractivity contribution is 7.98. The highest BCUT2D eigenvalue weighted by Crippen LogP contribution is 2.32. The van der Waals surface area contributed by atoms with Crippen LogP contribution in [0.5, 0.6) is 0 Å². The van der Waals surface area contributed by atoms with Gasteiger partial charge < -0.3 is 9.67 Å². The summed E-state index contributed by atoms with van der Waals surface area (Å²) in [6.45, 7) is 3.79. The number of carboxylic acids is 1. The van der Waals surface area contributed by atoms with Crippen LogP contribution in [-0.4, -0.2) is 21.9 Å². The second-order valence-electron chi connectivity index (χ2n) is 5.67. The predicted molar refractivity (Wildman–Crippen MR) is 99.4 cm³/mol. The fourth-order valence-electron chi connectivity index (χ4n) is 3.05. The van der Waals surface area contributed by atoms with E-state index in [4.69, 9.17) is 0 Å². The number of aromatic nitrogens is 1. The summed E-state index contributed by atoms with van der Waals surface area (Å²) in [5.74, 6) is -0.892. The van der Waals surface area contributed by atoms with Crippen LogP contribution in [-0.2, 0) is 0 Å². The quantitative estimate of drug-likeness (QED) is 0.667. The zero-order valence-corrected chi connectivity index (χ0v) is 14.7. The molecule has 0 fully saturated rings. The Morgan fingerprint density at radius 1 is 1.04 bits per heavy atom. The van der Waals surface area contributed by atoms with Gasteiger partial charge in [0.1, 0.15) is 0 Å². The normalized spacial score (nSPS) is 10.8. The smallest absolute Gasteiger partial charge is 0.337 e. The maximum absolute atomic E-state index is 11.4. The maximum Gasteiger partial charge on any atom is 0.337 e. The molecule has 0 aliphatic heterocycles. The van der Waals surface area contributed by atoms with Crippen LogP contribution in [0.15, 0.2) is 59.5 Å². The highest BCUT2D eigenvalue weighted by Gasteiger charge is 2.17. The lowest BCUT2D eigenvalue weighted by molar-refractivity contribution is 0.0696. The third-order valence-electron chi connectivity index (χ3n) is 4.19. The van der Waals surface area contributed by atoms with E-state index >= 15 is 0 Å². The van der Waals surface area contributed by atoms with Gasteiger partial charge in [-0.3, -0.25) is 0 Å². The molecule has 122 valence electrons. The fourth-order valence-corrected chi connectivity index (χ4v) is 3.51. The van der Waals surface area contributed by atoms with Crippen LogP contribution in [0.25, 0.3) is 16.8 Å². The molecule has 3 aromatic rings. The van der Waals surface area contributed by atoms with Gasteiger partial charge in [-0.05, 0) is 49.9 Å². The van der Waals surface area contributed by atoms with Gasteiger partial charge in [0.25, 0.3) is 0 Å². The van der Waals surface area contributed by atoms with Crippen molar-refractivity contribution in [2.75, 3.05) is 6.26 Å². The van der Waals surface area contributed by atoms with Crippen LogP contribution in [0.1, 0.15) is 21.7 Å². The van der Waals surface area contributed by atoms with Crippen LogP contribution >= 0.6 is 11.8 Å². The second kappa shape index (κ2) is 6.57. The van der Waals surface area contributed by atoms with Gasteiger partial charge >= 0.3 is 5.97 Å². The van der Waals surface area contributed by atoms with E-state index in [0.717, 1.165) is 28.2 Å². The molecule has 0 aliphatic carbocycles. The van der Waals surface area contributed by atoms with E-state index < -0.39 is 5.97 Å². The highest BCUT2D eigenvalue weighted by atomic mass is 32.2. The summed E-state index contributed by atoms with van der Waals surface area (Å²) in [5, 5.41) is 9.39. The van der Waals surface area contributed by atoms with E-state index in [9.17, 15) is 9.90 Å². The minimum Gasteiger partial charge on any atom is -0.478 e. The summed E-state index contributed by atoms with van der Waals surface area (Å²) in [6, 6.07) is 18.2. The third kappa shape index (κ3) is 2.85. The Hall–Kier alpha value is -2.46. The zero-order chi connectivity index (χ0) is 17.3. The number of hydrogen-bond donors (Lipinski definition) is 1. The molecule has 1 N–H and O–H groups in total. The van der Waals surface area contributed by atoms with Gasteiger partial charge in [0, 0.05) is 21.8 Å². The number of carboxylic acid groups (broad SMARTS) is 1. The molecule has 4 heteroatoms. The van der Waals surface area contributed by atoms with Crippen LogP contribution in [0, 0.1) is 13.8 Å². The Labute approximate surface area is 146 Å². The summed E-state index contributed by atoms with van der Waals surface area (Å²) in [5.41, 5.74) is 5.22. The van der Waals surface area contributed by atoms with Crippen molar-refractivity contribution in [1.29, 1.82) is 0 Å². The first-order valence-electron chi connectivity index (χ1n) is 7.69. The average Bonchev–Trinajstić information content (AvgIpc) is 2.89. The number of thioether (sulfide) groups is 1. The van der Waals surface area contributed by atoms with Crippen molar-refractivity contribution in [3.8, 4) is 16.8 Å².